The van der Waals surface area contributed by atoms with Gasteiger partial charge in [0.15, 0.2) is 5.65 Å². The maximum absolute atomic E-state index is 11.2. The maximum Gasteiger partial charge on any atom is 0.248 e. The molecule has 2 aromatic heterocycles. The van der Waals surface area contributed by atoms with Crippen molar-refractivity contribution in [1.29, 1.82) is 0 Å². The first-order valence-corrected chi connectivity index (χ1v) is 8.73. The summed E-state index contributed by atoms with van der Waals surface area (Å²) in [6.45, 7) is 1.93. The Hall–Kier alpha value is -3.87. The van der Waals surface area contributed by atoms with Gasteiger partial charge in [0.1, 0.15) is 11.6 Å². The van der Waals surface area contributed by atoms with E-state index in [1.54, 1.807) is 35.9 Å². The van der Waals surface area contributed by atoms with Gasteiger partial charge in [-0.2, -0.15) is 9.61 Å². The molecule has 0 unspecified atom stereocenters. The minimum atomic E-state index is -0.456. The highest BCUT2D eigenvalue weighted by Crippen LogP contribution is 2.30. The number of amides is 1. The third-order valence-electron chi connectivity index (χ3n) is 4.38. The molecule has 0 saturated carbocycles. The van der Waals surface area contributed by atoms with E-state index in [1.807, 2.05) is 43.3 Å². The lowest BCUT2D eigenvalue weighted by molar-refractivity contribution is 0.100. The van der Waals surface area contributed by atoms with Gasteiger partial charge in [-0.25, -0.2) is 4.98 Å². The van der Waals surface area contributed by atoms with Crippen molar-refractivity contribution in [1.82, 2.24) is 14.6 Å². The van der Waals surface area contributed by atoms with E-state index in [1.165, 1.54) is 0 Å². The van der Waals surface area contributed by atoms with Crippen molar-refractivity contribution >= 4 is 23.1 Å². The second-order valence-corrected chi connectivity index (χ2v) is 6.35. The number of aryl methyl sites for hydroxylation is 1. The molecule has 0 fully saturated rings. The molecule has 1 amide bonds. The molecule has 4 aromatic rings. The first-order chi connectivity index (χ1) is 13.5. The van der Waals surface area contributed by atoms with Gasteiger partial charge in [-0.15, -0.1) is 0 Å². The van der Waals surface area contributed by atoms with Crippen molar-refractivity contribution < 1.29 is 9.53 Å². The Balaban J connectivity index is 1.76. The van der Waals surface area contributed by atoms with E-state index < -0.39 is 5.91 Å². The van der Waals surface area contributed by atoms with Gasteiger partial charge in [0.05, 0.1) is 12.8 Å². The SMILES string of the molecule is COc1ccccc1-c1cc2nc(C)cc(Nc3ccc(C(N)=O)cc3)n2n1. The molecule has 0 aliphatic heterocycles. The van der Waals surface area contributed by atoms with Crippen LogP contribution in [0.15, 0.2) is 60.7 Å². The van der Waals surface area contributed by atoms with Crippen molar-refractivity contribution in [2.45, 2.75) is 6.92 Å². The molecule has 140 valence electrons. The zero-order valence-electron chi connectivity index (χ0n) is 15.5. The van der Waals surface area contributed by atoms with Crippen LogP contribution < -0.4 is 15.8 Å². The number of hydrogen-bond acceptors (Lipinski definition) is 5. The fraction of sp³-hybridized carbons (Fsp3) is 0.0952. The Kier molecular flexibility index (Phi) is 4.41. The van der Waals surface area contributed by atoms with E-state index in [4.69, 9.17) is 15.6 Å². The summed E-state index contributed by atoms with van der Waals surface area (Å²) in [6, 6.07) is 18.5. The van der Waals surface area contributed by atoms with Crippen molar-refractivity contribution in [3.05, 3.63) is 71.9 Å². The molecule has 0 bridgehead atoms. The van der Waals surface area contributed by atoms with Gasteiger partial charge in [0.2, 0.25) is 5.91 Å². The number of aromatic nitrogens is 3. The highest BCUT2D eigenvalue weighted by Gasteiger charge is 2.13. The molecule has 28 heavy (non-hydrogen) atoms. The number of carbonyl (C=O) groups is 1. The van der Waals surface area contributed by atoms with Gasteiger partial charge in [-0.1, -0.05) is 12.1 Å². The molecule has 0 aliphatic rings. The number of nitrogens with one attached hydrogen (secondary N) is 1. The fourth-order valence-corrected chi connectivity index (χ4v) is 3.04. The van der Waals surface area contributed by atoms with E-state index in [0.29, 0.717) is 5.56 Å². The van der Waals surface area contributed by atoms with E-state index >= 15 is 0 Å². The van der Waals surface area contributed by atoms with Gasteiger partial charge in [0.25, 0.3) is 0 Å². The van der Waals surface area contributed by atoms with Crippen LogP contribution in [-0.2, 0) is 0 Å². The minimum Gasteiger partial charge on any atom is -0.496 e. The van der Waals surface area contributed by atoms with Crippen LogP contribution in [0, 0.1) is 6.92 Å². The average Bonchev–Trinajstić information content (AvgIpc) is 3.12. The smallest absolute Gasteiger partial charge is 0.248 e. The molecule has 0 radical (unpaired) electrons. The quantitative estimate of drug-likeness (QED) is 0.558. The van der Waals surface area contributed by atoms with E-state index in [0.717, 1.165) is 39.9 Å². The minimum absolute atomic E-state index is 0.456. The van der Waals surface area contributed by atoms with Crippen LogP contribution >= 0.6 is 0 Å². The topological polar surface area (TPSA) is 94.5 Å². The van der Waals surface area contributed by atoms with E-state index in [2.05, 4.69) is 10.3 Å². The van der Waals surface area contributed by atoms with E-state index in [9.17, 15) is 4.79 Å². The number of rotatable bonds is 5. The molecule has 2 heterocycles. The van der Waals surface area contributed by atoms with Gasteiger partial charge in [0, 0.05) is 34.6 Å². The summed E-state index contributed by atoms with van der Waals surface area (Å²) in [4.78, 5) is 15.8. The second-order valence-electron chi connectivity index (χ2n) is 6.35. The molecule has 0 aliphatic carbocycles. The zero-order valence-corrected chi connectivity index (χ0v) is 15.5. The number of anilines is 2. The lowest BCUT2D eigenvalue weighted by Crippen LogP contribution is -2.10. The van der Waals surface area contributed by atoms with Gasteiger partial charge in [-0.05, 0) is 43.3 Å². The van der Waals surface area contributed by atoms with Crippen LogP contribution in [0.2, 0.25) is 0 Å². The van der Waals surface area contributed by atoms with Gasteiger partial charge in [-0.3, -0.25) is 4.79 Å². The van der Waals surface area contributed by atoms with Crippen LogP contribution in [-0.4, -0.2) is 27.6 Å². The number of methoxy groups -OCH3 is 1. The zero-order chi connectivity index (χ0) is 19.7. The normalized spacial score (nSPS) is 10.8. The number of primary amides is 1. The number of para-hydroxylation sites is 1. The molecular weight excluding hydrogens is 354 g/mol. The molecule has 3 N–H and O–H groups in total. The molecular formula is C21H19N5O2. The Morgan fingerprint density at radius 1 is 1.11 bits per heavy atom. The highest BCUT2D eigenvalue weighted by atomic mass is 16.5. The number of nitrogens with two attached hydrogens (primary N) is 1. The summed E-state index contributed by atoms with van der Waals surface area (Å²) in [7, 11) is 1.64. The number of ether oxygens (including phenoxy) is 1. The van der Waals surface area contributed by atoms with E-state index in [-0.39, 0.29) is 0 Å². The standard InChI is InChI=1S/C21H19N5O2/c1-13-11-19(24-15-9-7-14(8-10-15)21(22)27)26-20(23-13)12-17(25-26)16-5-3-4-6-18(16)28-2/h3-12,24H,1-2H3,(H2,22,27). The van der Waals surface area contributed by atoms with Crippen LogP contribution in [0.4, 0.5) is 11.5 Å². The maximum atomic E-state index is 11.2. The van der Waals surface area contributed by atoms with Crippen LogP contribution in [0.1, 0.15) is 16.1 Å². The lowest BCUT2D eigenvalue weighted by Gasteiger charge is -2.09. The molecule has 4 rings (SSSR count). The van der Waals surface area contributed by atoms with Crippen LogP contribution in [0.3, 0.4) is 0 Å². The van der Waals surface area contributed by atoms with Crippen LogP contribution in [0.5, 0.6) is 5.75 Å². The molecule has 0 saturated heterocycles. The van der Waals surface area contributed by atoms with Gasteiger partial charge < -0.3 is 15.8 Å². The Morgan fingerprint density at radius 3 is 2.57 bits per heavy atom. The summed E-state index contributed by atoms with van der Waals surface area (Å²) in [6.07, 6.45) is 0. The summed E-state index contributed by atoms with van der Waals surface area (Å²) < 4.78 is 7.20. The summed E-state index contributed by atoms with van der Waals surface area (Å²) in [5, 5.41) is 8.04. The Labute approximate surface area is 161 Å². The molecule has 0 spiro atoms. The van der Waals surface area contributed by atoms with Crippen molar-refractivity contribution in [3.8, 4) is 17.0 Å². The number of benzene rings is 2. The number of hydrogen-bond donors (Lipinski definition) is 2. The lowest BCUT2D eigenvalue weighted by atomic mass is 10.1. The van der Waals surface area contributed by atoms with Crippen molar-refractivity contribution in [2.75, 3.05) is 12.4 Å². The predicted octanol–water partition coefficient (Wildman–Crippen LogP) is 3.56. The number of fused-ring (bicyclic) bond motifs is 1. The monoisotopic (exact) mass is 373 g/mol. The molecule has 0 atom stereocenters. The predicted molar refractivity (Wildman–Crippen MR) is 108 cm³/mol. The van der Waals surface area contributed by atoms with Crippen molar-refractivity contribution in [3.63, 3.8) is 0 Å². The second kappa shape index (κ2) is 7.03. The number of carbonyl (C=O) groups excluding carboxylic acids is 1. The highest BCUT2D eigenvalue weighted by molar-refractivity contribution is 5.93. The Morgan fingerprint density at radius 2 is 1.86 bits per heavy atom. The third-order valence-corrected chi connectivity index (χ3v) is 4.38. The third kappa shape index (κ3) is 3.25. The summed E-state index contributed by atoms with van der Waals surface area (Å²) in [5.74, 6) is 1.05. The first-order valence-electron chi connectivity index (χ1n) is 8.73. The first kappa shape index (κ1) is 17.5. The Bertz CT molecular complexity index is 1170. The van der Waals surface area contributed by atoms with Crippen LogP contribution in [0.25, 0.3) is 16.9 Å². The number of nitrogens with zero attached hydrogens (tertiary/aromatic N) is 3. The molecule has 2 aromatic carbocycles. The van der Waals surface area contributed by atoms with Gasteiger partial charge >= 0.3 is 0 Å². The average molecular weight is 373 g/mol. The van der Waals surface area contributed by atoms with Crippen molar-refractivity contribution in [2.24, 2.45) is 5.73 Å². The summed E-state index contributed by atoms with van der Waals surface area (Å²) in [5.41, 5.74) is 9.81. The molecule has 7 heteroatoms. The fourth-order valence-electron chi connectivity index (χ4n) is 3.04. The summed E-state index contributed by atoms with van der Waals surface area (Å²) >= 11 is 0. The largest absolute Gasteiger partial charge is 0.496 e. The molecule has 7 nitrogen and oxygen atoms in total.